The zero-order valence-corrected chi connectivity index (χ0v) is 20.5. The summed E-state index contributed by atoms with van der Waals surface area (Å²) in [6, 6.07) is 18.6. The van der Waals surface area contributed by atoms with Crippen molar-refractivity contribution in [3.63, 3.8) is 0 Å². The number of sulfonamides is 1. The molecular weight excluding hydrogens is 470 g/mol. The van der Waals surface area contributed by atoms with E-state index in [0.717, 1.165) is 9.87 Å². The summed E-state index contributed by atoms with van der Waals surface area (Å²) in [4.78, 5) is 12.7. The molecule has 0 aliphatic rings. The Kier molecular flexibility index (Phi) is 8.45. The summed E-state index contributed by atoms with van der Waals surface area (Å²) in [6.45, 7) is 1.25. The topological polar surface area (TPSA) is 118 Å². The average Bonchev–Trinajstić information content (AvgIpc) is 2.85. The number of hydrazone groups is 1. The molecule has 0 aromatic heterocycles. The molecule has 3 aromatic carbocycles. The van der Waals surface area contributed by atoms with Crippen molar-refractivity contribution in [2.75, 3.05) is 20.8 Å². The molecule has 0 unspecified atom stereocenters. The number of rotatable bonds is 10. The molecule has 0 saturated carbocycles. The number of carbonyl (C=O) groups excluding carboxylic acids is 1. The van der Waals surface area contributed by atoms with E-state index in [9.17, 15) is 18.3 Å². The van der Waals surface area contributed by atoms with Gasteiger partial charge in [-0.2, -0.15) is 9.41 Å². The molecule has 0 radical (unpaired) electrons. The number of hydrogen-bond acceptors (Lipinski definition) is 7. The van der Waals surface area contributed by atoms with Crippen molar-refractivity contribution >= 4 is 22.1 Å². The zero-order chi connectivity index (χ0) is 25.4. The van der Waals surface area contributed by atoms with Gasteiger partial charge in [0, 0.05) is 12.1 Å². The van der Waals surface area contributed by atoms with Crippen LogP contribution in [0.25, 0.3) is 0 Å². The average molecular weight is 498 g/mol. The Morgan fingerprint density at radius 3 is 2.43 bits per heavy atom. The second-order valence-electron chi connectivity index (χ2n) is 7.60. The van der Waals surface area contributed by atoms with Gasteiger partial charge in [-0.15, -0.1) is 0 Å². The van der Waals surface area contributed by atoms with E-state index in [2.05, 4.69) is 10.5 Å². The van der Waals surface area contributed by atoms with E-state index < -0.39 is 22.5 Å². The van der Waals surface area contributed by atoms with Gasteiger partial charge in [-0.3, -0.25) is 4.79 Å². The minimum absolute atomic E-state index is 0.0337. The predicted octanol–water partition coefficient (Wildman–Crippen LogP) is 3.06. The Balaban J connectivity index is 1.85. The van der Waals surface area contributed by atoms with Crippen LogP contribution in [0.4, 0.5) is 0 Å². The van der Waals surface area contributed by atoms with Crippen LogP contribution in [0.1, 0.15) is 16.7 Å². The number of methoxy groups -OCH3 is 2. The van der Waals surface area contributed by atoms with E-state index in [0.29, 0.717) is 11.1 Å². The number of benzene rings is 3. The fourth-order valence-electron chi connectivity index (χ4n) is 3.32. The second-order valence-corrected chi connectivity index (χ2v) is 9.51. The summed E-state index contributed by atoms with van der Waals surface area (Å²) < 4.78 is 38.6. The van der Waals surface area contributed by atoms with Crippen LogP contribution in [0.15, 0.2) is 76.7 Å². The molecule has 0 fully saturated rings. The lowest BCUT2D eigenvalue weighted by Gasteiger charge is -2.23. The number of para-hydroxylation sites is 1. The van der Waals surface area contributed by atoms with Crippen LogP contribution in [-0.2, 0) is 21.4 Å². The van der Waals surface area contributed by atoms with E-state index >= 15 is 0 Å². The Labute approximate surface area is 204 Å². The quantitative estimate of drug-likeness (QED) is 0.328. The first kappa shape index (κ1) is 25.7. The van der Waals surface area contributed by atoms with Crippen LogP contribution < -0.4 is 14.9 Å². The molecule has 0 heterocycles. The van der Waals surface area contributed by atoms with E-state index in [4.69, 9.17) is 9.47 Å². The molecule has 0 spiro atoms. The molecule has 0 bridgehead atoms. The number of aromatic hydroxyl groups is 1. The number of phenolic OH excluding ortho intramolecular Hbond substituents is 1. The highest BCUT2D eigenvalue weighted by atomic mass is 32.2. The van der Waals surface area contributed by atoms with Crippen molar-refractivity contribution in [2.45, 2.75) is 18.4 Å². The molecule has 35 heavy (non-hydrogen) atoms. The Bertz CT molecular complexity index is 1310. The second kappa shape index (κ2) is 11.5. The lowest BCUT2D eigenvalue weighted by molar-refractivity contribution is -0.121. The highest BCUT2D eigenvalue weighted by molar-refractivity contribution is 7.89. The number of nitrogens with zero attached hydrogens (tertiary/aromatic N) is 2. The third kappa shape index (κ3) is 6.37. The van der Waals surface area contributed by atoms with Crippen LogP contribution in [0, 0.1) is 6.92 Å². The fourth-order valence-corrected chi connectivity index (χ4v) is 4.94. The highest BCUT2D eigenvalue weighted by Crippen LogP contribution is 2.29. The van der Waals surface area contributed by atoms with Gasteiger partial charge in [0.05, 0.1) is 27.0 Å². The molecule has 0 aliphatic carbocycles. The molecule has 3 rings (SSSR count). The van der Waals surface area contributed by atoms with E-state index in [1.165, 1.54) is 26.5 Å². The summed E-state index contributed by atoms with van der Waals surface area (Å²) in [5.41, 5.74) is 4.08. The molecule has 1 amide bonds. The number of phenols is 1. The monoisotopic (exact) mass is 497 g/mol. The first-order valence-corrected chi connectivity index (χ1v) is 12.1. The van der Waals surface area contributed by atoms with Crippen molar-refractivity contribution in [2.24, 2.45) is 5.10 Å². The first-order chi connectivity index (χ1) is 16.8. The van der Waals surface area contributed by atoms with Gasteiger partial charge in [-0.05, 0) is 42.3 Å². The summed E-state index contributed by atoms with van der Waals surface area (Å²) in [5, 5.41) is 14.0. The highest BCUT2D eigenvalue weighted by Gasteiger charge is 2.30. The van der Waals surface area contributed by atoms with Gasteiger partial charge in [0.2, 0.25) is 10.0 Å². The standard InChI is InChI=1S/C25H27N3O6S/c1-18-12-13-21(33-2)23(14-18)35(31,32)28(16-19-8-5-4-6-9-19)17-24(29)27-26-15-20-10-7-11-22(34-3)25(20)30/h4-15,30H,16-17H2,1-3H3,(H,27,29). The van der Waals surface area contributed by atoms with Gasteiger partial charge >= 0.3 is 0 Å². The van der Waals surface area contributed by atoms with Gasteiger partial charge < -0.3 is 14.6 Å². The third-order valence-electron chi connectivity index (χ3n) is 5.10. The molecule has 0 saturated heterocycles. The van der Waals surface area contributed by atoms with Crippen LogP contribution in [-0.4, -0.2) is 50.7 Å². The lowest BCUT2D eigenvalue weighted by Crippen LogP contribution is -2.39. The number of carbonyl (C=O) groups is 1. The van der Waals surface area contributed by atoms with Gasteiger partial charge in [0.25, 0.3) is 5.91 Å². The summed E-state index contributed by atoms with van der Waals surface area (Å²) >= 11 is 0. The van der Waals surface area contributed by atoms with Crippen molar-refractivity contribution < 1.29 is 27.8 Å². The van der Waals surface area contributed by atoms with Crippen LogP contribution in [0.2, 0.25) is 0 Å². The number of ether oxygens (including phenoxy) is 2. The van der Waals surface area contributed by atoms with Gasteiger partial charge in [0.15, 0.2) is 11.5 Å². The smallest absolute Gasteiger partial charge is 0.255 e. The van der Waals surface area contributed by atoms with E-state index in [-0.39, 0.29) is 28.7 Å². The molecule has 184 valence electrons. The zero-order valence-electron chi connectivity index (χ0n) is 19.6. The number of nitrogens with one attached hydrogen (secondary N) is 1. The van der Waals surface area contributed by atoms with Gasteiger partial charge in [0.1, 0.15) is 10.6 Å². The maximum atomic E-state index is 13.6. The number of hydrogen-bond donors (Lipinski definition) is 2. The lowest BCUT2D eigenvalue weighted by atomic mass is 10.2. The van der Waals surface area contributed by atoms with Crippen molar-refractivity contribution in [1.29, 1.82) is 0 Å². The van der Waals surface area contributed by atoms with E-state index in [1.54, 1.807) is 61.5 Å². The normalized spacial score (nSPS) is 11.5. The summed E-state index contributed by atoms with van der Waals surface area (Å²) in [5.74, 6) is -0.351. The predicted molar refractivity (Wildman–Crippen MR) is 132 cm³/mol. The molecule has 0 aliphatic heterocycles. The molecule has 10 heteroatoms. The van der Waals surface area contributed by atoms with Gasteiger partial charge in [-0.1, -0.05) is 42.5 Å². The Hall–Kier alpha value is -3.89. The molecule has 9 nitrogen and oxygen atoms in total. The minimum atomic E-state index is -4.11. The Morgan fingerprint density at radius 2 is 1.74 bits per heavy atom. The van der Waals surface area contributed by atoms with Crippen molar-refractivity contribution in [3.05, 3.63) is 83.4 Å². The third-order valence-corrected chi connectivity index (χ3v) is 6.91. The van der Waals surface area contributed by atoms with Crippen LogP contribution in [0.3, 0.4) is 0 Å². The number of aryl methyl sites for hydroxylation is 1. The first-order valence-electron chi connectivity index (χ1n) is 10.6. The summed E-state index contributed by atoms with van der Waals surface area (Å²) in [7, 11) is -1.30. The minimum Gasteiger partial charge on any atom is -0.504 e. The van der Waals surface area contributed by atoms with E-state index in [1.807, 2.05) is 6.07 Å². The van der Waals surface area contributed by atoms with Crippen LogP contribution >= 0.6 is 0 Å². The van der Waals surface area contributed by atoms with Gasteiger partial charge in [-0.25, -0.2) is 13.8 Å². The fraction of sp³-hybridized carbons (Fsp3) is 0.200. The molecule has 0 atom stereocenters. The maximum Gasteiger partial charge on any atom is 0.255 e. The SMILES string of the molecule is COc1ccc(C)cc1S(=O)(=O)N(CC(=O)NN=Cc1cccc(OC)c1O)Cc1ccccc1. The Morgan fingerprint density at radius 1 is 1.03 bits per heavy atom. The largest absolute Gasteiger partial charge is 0.504 e. The van der Waals surface area contributed by atoms with Crippen molar-refractivity contribution in [1.82, 2.24) is 9.73 Å². The van der Waals surface area contributed by atoms with Crippen LogP contribution in [0.5, 0.6) is 17.2 Å². The molecular formula is C25H27N3O6S. The maximum absolute atomic E-state index is 13.6. The number of amides is 1. The summed E-state index contributed by atoms with van der Waals surface area (Å²) in [6.07, 6.45) is 1.25. The molecule has 2 N–H and O–H groups in total. The molecule has 3 aromatic rings. The van der Waals surface area contributed by atoms with Crippen molar-refractivity contribution in [3.8, 4) is 17.2 Å².